The van der Waals surface area contributed by atoms with Gasteiger partial charge in [-0.1, -0.05) is 11.6 Å². The van der Waals surface area contributed by atoms with Crippen molar-refractivity contribution in [3.05, 3.63) is 29.0 Å². The fourth-order valence-corrected chi connectivity index (χ4v) is 2.33. The minimum absolute atomic E-state index is 0.0851. The van der Waals surface area contributed by atoms with E-state index in [0.29, 0.717) is 30.5 Å². The largest absolute Gasteiger partial charge is 0.370 e. The first-order chi connectivity index (χ1) is 9.61. The number of nitrogens with two attached hydrogens (primary N) is 1. The quantitative estimate of drug-likeness (QED) is 0.627. The molecule has 2 N–H and O–H groups in total. The van der Waals surface area contributed by atoms with Crippen LogP contribution in [0.1, 0.15) is 5.82 Å². The van der Waals surface area contributed by atoms with E-state index in [1.165, 1.54) is 0 Å². The van der Waals surface area contributed by atoms with Gasteiger partial charge in [-0.15, -0.1) is 11.6 Å². The number of primary amides is 1. The standard InChI is InChI=1S/C13H15Cl2N3O2/c14-4-3-13-17-10-2-1-9(15)7-11(10)18(13)5-6-20-8-12(16)19/h1-2,7H,3-6,8H2,(H2,16,19). The number of hydrogen-bond donors (Lipinski definition) is 1. The molecule has 5 nitrogen and oxygen atoms in total. The van der Waals surface area contributed by atoms with Gasteiger partial charge in [0.1, 0.15) is 12.4 Å². The molecule has 0 aliphatic rings. The number of carbonyl (C=O) groups excluding carboxylic acids is 1. The first kappa shape index (κ1) is 15.1. The number of ether oxygens (including phenoxy) is 1. The van der Waals surface area contributed by atoms with Gasteiger partial charge >= 0.3 is 0 Å². The molecule has 0 unspecified atom stereocenters. The van der Waals surface area contributed by atoms with E-state index < -0.39 is 5.91 Å². The highest BCUT2D eigenvalue weighted by atomic mass is 35.5. The highest BCUT2D eigenvalue weighted by Crippen LogP contribution is 2.21. The highest BCUT2D eigenvalue weighted by Gasteiger charge is 2.10. The number of alkyl halides is 1. The van der Waals surface area contributed by atoms with Crippen LogP contribution in [0.25, 0.3) is 11.0 Å². The van der Waals surface area contributed by atoms with Crippen LogP contribution in [-0.4, -0.2) is 34.6 Å². The van der Waals surface area contributed by atoms with Crippen LogP contribution < -0.4 is 5.73 Å². The van der Waals surface area contributed by atoms with Crippen molar-refractivity contribution in [2.45, 2.75) is 13.0 Å². The number of halogens is 2. The van der Waals surface area contributed by atoms with Gasteiger partial charge in [-0.2, -0.15) is 0 Å². The number of amides is 1. The van der Waals surface area contributed by atoms with Crippen molar-refractivity contribution in [2.75, 3.05) is 19.1 Å². The summed E-state index contributed by atoms with van der Waals surface area (Å²) in [5.41, 5.74) is 6.82. The summed E-state index contributed by atoms with van der Waals surface area (Å²) in [6.45, 7) is 0.852. The van der Waals surface area contributed by atoms with Gasteiger partial charge < -0.3 is 15.0 Å². The predicted molar refractivity (Wildman–Crippen MR) is 79.2 cm³/mol. The van der Waals surface area contributed by atoms with Crippen molar-refractivity contribution in [2.24, 2.45) is 5.73 Å². The second kappa shape index (κ2) is 6.92. The third kappa shape index (κ3) is 3.62. The van der Waals surface area contributed by atoms with E-state index >= 15 is 0 Å². The average Bonchev–Trinajstić information content (AvgIpc) is 2.72. The van der Waals surface area contributed by atoms with Gasteiger partial charge in [-0.25, -0.2) is 4.98 Å². The van der Waals surface area contributed by atoms with Crippen molar-refractivity contribution >= 4 is 40.1 Å². The van der Waals surface area contributed by atoms with Gasteiger partial charge in [0, 0.05) is 23.9 Å². The Labute approximate surface area is 126 Å². The smallest absolute Gasteiger partial charge is 0.243 e. The summed E-state index contributed by atoms with van der Waals surface area (Å²) in [7, 11) is 0. The van der Waals surface area contributed by atoms with E-state index in [1.54, 1.807) is 6.07 Å². The van der Waals surface area contributed by atoms with Gasteiger partial charge in [0.25, 0.3) is 0 Å². The molecule has 0 atom stereocenters. The molecule has 1 heterocycles. The molecule has 1 amide bonds. The van der Waals surface area contributed by atoms with Crippen LogP contribution in [0.5, 0.6) is 0 Å². The molecule has 0 aliphatic carbocycles. The number of imidazole rings is 1. The van der Waals surface area contributed by atoms with E-state index in [0.717, 1.165) is 16.9 Å². The maximum Gasteiger partial charge on any atom is 0.243 e. The summed E-state index contributed by atoms with van der Waals surface area (Å²) >= 11 is 11.8. The average molecular weight is 316 g/mol. The van der Waals surface area contributed by atoms with E-state index in [9.17, 15) is 4.79 Å². The van der Waals surface area contributed by atoms with Crippen LogP contribution >= 0.6 is 23.2 Å². The molecule has 2 aromatic rings. The van der Waals surface area contributed by atoms with Crippen LogP contribution in [0.3, 0.4) is 0 Å². The maximum atomic E-state index is 10.6. The molecular formula is C13H15Cl2N3O2. The molecule has 0 bridgehead atoms. The molecular weight excluding hydrogens is 301 g/mol. The molecule has 7 heteroatoms. The number of hydrogen-bond acceptors (Lipinski definition) is 3. The van der Waals surface area contributed by atoms with Gasteiger partial charge in [-0.05, 0) is 18.2 Å². The monoisotopic (exact) mass is 315 g/mol. The zero-order valence-electron chi connectivity index (χ0n) is 10.8. The van der Waals surface area contributed by atoms with Crippen LogP contribution in [0.15, 0.2) is 18.2 Å². The van der Waals surface area contributed by atoms with Crippen molar-refractivity contribution in [3.63, 3.8) is 0 Å². The Morgan fingerprint density at radius 1 is 1.45 bits per heavy atom. The number of fused-ring (bicyclic) bond motifs is 1. The van der Waals surface area contributed by atoms with E-state index in [1.807, 2.05) is 16.7 Å². The molecule has 108 valence electrons. The lowest BCUT2D eigenvalue weighted by molar-refractivity contribution is -0.122. The first-order valence-electron chi connectivity index (χ1n) is 6.18. The SMILES string of the molecule is NC(=O)COCCn1c(CCCl)nc2ccc(Cl)cc21. The number of aryl methyl sites for hydroxylation is 1. The Morgan fingerprint density at radius 3 is 2.95 bits per heavy atom. The highest BCUT2D eigenvalue weighted by molar-refractivity contribution is 6.31. The number of rotatable bonds is 7. The fraction of sp³-hybridized carbons (Fsp3) is 0.385. The Balaban J connectivity index is 2.21. The molecule has 0 radical (unpaired) electrons. The predicted octanol–water partition coefficient (Wildman–Crippen LogP) is 1.97. The number of nitrogens with zero attached hydrogens (tertiary/aromatic N) is 2. The van der Waals surface area contributed by atoms with E-state index in [-0.39, 0.29) is 6.61 Å². The van der Waals surface area contributed by atoms with E-state index in [2.05, 4.69) is 4.98 Å². The molecule has 0 saturated carbocycles. The Hall–Kier alpha value is -1.30. The number of aromatic nitrogens is 2. The molecule has 0 aliphatic heterocycles. The minimum atomic E-state index is -0.482. The van der Waals surface area contributed by atoms with Crippen molar-refractivity contribution in [1.82, 2.24) is 9.55 Å². The lowest BCUT2D eigenvalue weighted by Gasteiger charge is -2.08. The zero-order chi connectivity index (χ0) is 14.5. The van der Waals surface area contributed by atoms with Gasteiger partial charge in [-0.3, -0.25) is 4.79 Å². The second-order valence-corrected chi connectivity index (χ2v) is 5.08. The Morgan fingerprint density at radius 2 is 2.25 bits per heavy atom. The van der Waals surface area contributed by atoms with Crippen LogP contribution in [-0.2, 0) is 22.5 Å². The lowest BCUT2D eigenvalue weighted by Crippen LogP contribution is -2.20. The third-order valence-electron chi connectivity index (χ3n) is 2.81. The van der Waals surface area contributed by atoms with E-state index in [4.69, 9.17) is 33.7 Å². The molecule has 0 fully saturated rings. The fourth-order valence-electron chi connectivity index (χ4n) is 2.00. The first-order valence-corrected chi connectivity index (χ1v) is 7.09. The van der Waals surface area contributed by atoms with Crippen molar-refractivity contribution in [3.8, 4) is 0 Å². The normalized spacial score (nSPS) is 11.1. The maximum absolute atomic E-state index is 10.6. The summed E-state index contributed by atoms with van der Waals surface area (Å²) in [4.78, 5) is 15.2. The van der Waals surface area contributed by atoms with Crippen LogP contribution in [0, 0.1) is 0 Å². The molecule has 20 heavy (non-hydrogen) atoms. The Bertz CT molecular complexity index is 613. The lowest BCUT2D eigenvalue weighted by atomic mass is 10.3. The van der Waals surface area contributed by atoms with Gasteiger partial charge in [0.05, 0.1) is 17.6 Å². The molecule has 1 aromatic heterocycles. The summed E-state index contributed by atoms with van der Waals surface area (Å²) in [6.07, 6.45) is 0.656. The van der Waals surface area contributed by atoms with Crippen molar-refractivity contribution in [1.29, 1.82) is 0 Å². The topological polar surface area (TPSA) is 70.1 Å². The third-order valence-corrected chi connectivity index (χ3v) is 3.24. The summed E-state index contributed by atoms with van der Waals surface area (Å²) < 4.78 is 7.20. The van der Waals surface area contributed by atoms with Gasteiger partial charge in [0.15, 0.2) is 0 Å². The molecule has 1 aromatic carbocycles. The summed E-state index contributed by atoms with van der Waals surface area (Å²) in [5, 5.41) is 0.647. The second-order valence-electron chi connectivity index (χ2n) is 4.27. The molecule has 0 saturated heterocycles. The zero-order valence-corrected chi connectivity index (χ0v) is 12.3. The number of benzene rings is 1. The summed E-state index contributed by atoms with van der Waals surface area (Å²) in [5.74, 6) is 0.878. The van der Waals surface area contributed by atoms with Crippen LogP contribution in [0.2, 0.25) is 5.02 Å². The molecule has 0 spiro atoms. The van der Waals surface area contributed by atoms with Crippen molar-refractivity contribution < 1.29 is 9.53 Å². The Kier molecular flexibility index (Phi) is 5.23. The summed E-state index contributed by atoms with van der Waals surface area (Å²) in [6, 6.07) is 5.53. The van der Waals surface area contributed by atoms with Crippen LogP contribution in [0.4, 0.5) is 0 Å². The van der Waals surface area contributed by atoms with Gasteiger partial charge in [0.2, 0.25) is 5.91 Å². The minimum Gasteiger partial charge on any atom is -0.370 e. The number of carbonyl (C=O) groups is 1. The molecule has 2 rings (SSSR count).